The summed E-state index contributed by atoms with van der Waals surface area (Å²) in [7, 11) is 0. The summed E-state index contributed by atoms with van der Waals surface area (Å²) in [5.41, 5.74) is 2.53. The van der Waals surface area contributed by atoms with E-state index in [9.17, 15) is 0 Å². The van der Waals surface area contributed by atoms with E-state index < -0.39 is 0 Å². The molecule has 0 bridgehead atoms. The maximum absolute atomic E-state index is 2.29. The van der Waals surface area contributed by atoms with Crippen molar-refractivity contribution in [3.8, 4) is 11.1 Å². The van der Waals surface area contributed by atoms with Gasteiger partial charge in [-0.25, -0.2) is 0 Å². The Balaban J connectivity index is 1.81. The SMILES string of the molecule is c1ccc(-c2ccc3c(ccc4c5ccccc5ccc34)c2)cc1. The van der Waals surface area contributed by atoms with Gasteiger partial charge in [0.25, 0.3) is 0 Å². The van der Waals surface area contributed by atoms with E-state index in [1.54, 1.807) is 0 Å². The fourth-order valence-electron chi connectivity index (χ4n) is 3.64. The van der Waals surface area contributed by atoms with Gasteiger partial charge in [-0.1, -0.05) is 91.0 Å². The molecule has 0 fully saturated rings. The lowest BCUT2D eigenvalue weighted by Gasteiger charge is -2.09. The van der Waals surface area contributed by atoms with Crippen LogP contribution in [0.2, 0.25) is 0 Å². The van der Waals surface area contributed by atoms with Crippen molar-refractivity contribution in [1.82, 2.24) is 0 Å². The molecule has 5 aromatic carbocycles. The van der Waals surface area contributed by atoms with Crippen molar-refractivity contribution in [1.29, 1.82) is 0 Å². The zero-order valence-corrected chi connectivity index (χ0v) is 13.2. The molecule has 112 valence electrons. The average Bonchev–Trinajstić information content (AvgIpc) is 2.67. The minimum absolute atomic E-state index is 1.26. The standard InChI is InChI=1S/C24H16/c1-2-6-17(7-3-1)19-11-13-22-20(16-19)12-15-23-21-9-5-4-8-18(21)10-14-24(22)23/h1-16H. The van der Waals surface area contributed by atoms with Crippen LogP contribution in [0.4, 0.5) is 0 Å². The molecule has 0 aliphatic heterocycles. The predicted octanol–water partition coefficient (Wildman–Crippen LogP) is 6.81. The Hall–Kier alpha value is -3.12. The van der Waals surface area contributed by atoms with Gasteiger partial charge >= 0.3 is 0 Å². The van der Waals surface area contributed by atoms with E-state index >= 15 is 0 Å². The van der Waals surface area contributed by atoms with Gasteiger partial charge < -0.3 is 0 Å². The van der Waals surface area contributed by atoms with Gasteiger partial charge in [0, 0.05) is 0 Å². The van der Waals surface area contributed by atoms with Crippen LogP contribution in [0.5, 0.6) is 0 Å². The molecule has 0 aliphatic rings. The highest BCUT2D eigenvalue weighted by molar-refractivity contribution is 6.17. The fraction of sp³-hybridized carbons (Fsp3) is 0. The van der Waals surface area contributed by atoms with E-state index in [1.165, 1.54) is 43.4 Å². The summed E-state index contributed by atoms with van der Waals surface area (Å²) >= 11 is 0. The molecule has 0 amide bonds. The third kappa shape index (κ3) is 2.00. The second-order valence-corrected chi connectivity index (χ2v) is 6.25. The van der Waals surface area contributed by atoms with Crippen molar-refractivity contribution in [2.24, 2.45) is 0 Å². The monoisotopic (exact) mass is 304 g/mol. The maximum Gasteiger partial charge on any atom is -0.00990 e. The van der Waals surface area contributed by atoms with Gasteiger partial charge in [-0.05, 0) is 49.5 Å². The predicted molar refractivity (Wildman–Crippen MR) is 104 cm³/mol. The lowest BCUT2D eigenvalue weighted by atomic mass is 9.95. The molecule has 0 saturated heterocycles. The Kier molecular flexibility index (Phi) is 2.89. The normalized spacial score (nSPS) is 11.3. The zero-order chi connectivity index (χ0) is 15.9. The first kappa shape index (κ1) is 13.3. The molecule has 0 saturated carbocycles. The summed E-state index contributed by atoms with van der Waals surface area (Å²) < 4.78 is 0. The van der Waals surface area contributed by atoms with Gasteiger partial charge in [0.05, 0.1) is 0 Å². The van der Waals surface area contributed by atoms with Gasteiger partial charge in [-0.2, -0.15) is 0 Å². The van der Waals surface area contributed by atoms with E-state index in [0.717, 1.165) is 0 Å². The number of hydrogen-bond donors (Lipinski definition) is 0. The topological polar surface area (TPSA) is 0 Å². The molecule has 0 N–H and O–H groups in total. The van der Waals surface area contributed by atoms with Gasteiger partial charge in [-0.3, -0.25) is 0 Å². The van der Waals surface area contributed by atoms with Crippen LogP contribution in [0.25, 0.3) is 43.4 Å². The lowest BCUT2D eigenvalue weighted by molar-refractivity contribution is 1.65. The first-order valence-electron chi connectivity index (χ1n) is 8.30. The lowest BCUT2D eigenvalue weighted by Crippen LogP contribution is -1.82. The minimum atomic E-state index is 1.26. The summed E-state index contributed by atoms with van der Waals surface area (Å²) in [6.45, 7) is 0. The zero-order valence-electron chi connectivity index (χ0n) is 13.2. The summed E-state index contributed by atoms with van der Waals surface area (Å²) in [6.07, 6.45) is 0. The van der Waals surface area contributed by atoms with Crippen LogP contribution in [-0.4, -0.2) is 0 Å². The van der Waals surface area contributed by atoms with Crippen LogP contribution < -0.4 is 0 Å². The van der Waals surface area contributed by atoms with E-state index in [0.29, 0.717) is 0 Å². The van der Waals surface area contributed by atoms with Gasteiger partial charge in [-0.15, -0.1) is 0 Å². The van der Waals surface area contributed by atoms with E-state index in [-0.39, 0.29) is 0 Å². The highest BCUT2D eigenvalue weighted by Gasteiger charge is 2.05. The van der Waals surface area contributed by atoms with Crippen LogP contribution >= 0.6 is 0 Å². The average molecular weight is 304 g/mol. The molecule has 5 rings (SSSR count). The van der Waals surface area contributed by atoms with Gasteiger partial charge in [0.2, 0.25) is 0 Å². The maximum atomic E-state index is 2.29. The van der Waals surface area contributed by atoms with E-state index in [2.05, 4.69) is 97.1 Å². The molecular weight excluding hydrogens is 288 g/mol. The first-order valence-corrected chi connectivity index (χ1v) is 8.30. The number of rotatable bonds is 1. The smallest absolute Gasteiger partial charge is 0.00990 e. The molecule has 0 nitrogen and oxygen atoms in total. The second kappa shape index (κ2) is 5.21. The molecular formula is C24H16. The Bertz CT molecular complexity index is 1180. The van der Waals surface area contributed by atoms with Crippen LogP contribution in [-0.2, 0) is 0 Å². The van der Waals surface area contributed by atoms with Crippen LogP contribution in [0, 0.1) is 0 Å². The summed E-state index contributed by atoms with van der Waals surface area (Å²) in [5, 5.41) is 7.88. The van der Waals surface area contributed by atoms with Crippen molar-refractivity contribution in [2.45, 2.75) is 0 Å². The number of benzene rings is 5. The molecule has 5 aromatic rings. The molecule has 24 heavy (non-hydrogen) atoms. The number of fused-ring (bicyclic) bond motifs is 5. The van der Waals surface area contributed by atoms with Crippen molar-refractivity contribution in [3.63, 3.8) is 0 Å². The second-order valence-electron chi connectivity index (χ2n) is 6.25. The highest BCUT2D eigenvalue weighted by atomic mass is 14.1. The molecule has 0 unspecified atom stereocenters. The van der Waals surface area contributed by atoms with Crippen molar-refractivity contribution in [2.75, 3.05) is 0 Å². The Morgan fingerprint density at radius 2 is 0.958 bits per heavy atom. The molecule has 0 atom stereocenters. The third-order valence-electron chi connectivity index (χ3n) is 4.85. The van der Waals surface area contributed by atoms with E-state index in [1.807, 2.05) is 0 Å². The molecule has 0 heteroatoms. The largest absolute Gasteiger partial charge is 0.0622 e. The summed E-state index contributed by atoms with van der Waals surface area (Å²) in [4.78, 5) is 0. The minimum Gasteiger partial charge on any atom is -0.0622 e. The summed E-state index contributed by atoms with van der Waals surface area (Å²) in [5.74, 6) is 0. The van der Waals surface area contributed by atoms with Crippen molar-refractivity contribution >= 4 is 32.3 Å². The third-order valence-corrected chi connectivity index (χ3v) is 4.85. The molecule has 0 heterocycles. The first-order chi connectivity index (χ1) is 11.9. The Morgan fingerprint density at radius 1 is 0.333 bits per heavy atom. The molecule has 0 aliphatic carbocycles. The van der Waals surface area contributed by atoms with Crippen molar-refractivity contribution < 1.29 is 0 Å². The van der Waals surface area contributed by atoms with Gasteiger partial charge in [0.15, 0.2) is 0 Å². The van der Waals surface area contributed by atoms with Crippen molar-refractivity contribution in [3.05, 3.63) is 97.1 Å². The number of hydrogen-bond acceptors (Lipinski definition) is 0. The van der Waals surface area contributed by atoms with Crippen LogP contribution in [0.15, 0.2) is 97.1 Å². The Labute approximate surface area is 141 Å². The highest BCUT2D eigenvalue weighted by Crippen LogP contribution is 2.33. The van der Waals surface area contributed by atoms with Crippen LogP contribution in [0.1, 0.15) is 0 Å². The summed E-state index contributed by atoms with van der Waals surface area (Å²) in [6, 6.07) is 34.9. The van der Waals surface area contributed by atoms with Crippen LogP contribution in [0.3, 0.4) is 0 Å². The van der Waals surface area contributed by atoms with E-state index in [4.69, 9.17) is 0 Å². The quantitative estimate of drug-likeness (QED) is 0.298. The Morgan fingerprint density at radius 3 is 1.79 bits per heavy atom. The molecule has 0 spiro atoms. The molecule has 0 aromatic heterocycles. The van der Waals surface area contributed by atoms with Gasteiger partial charge in [0.1, 0.15) is 0 Å². The fourth-order valence-corrected chi connectivity index (χ4v) is 3.64. The molecule has 0 radical (unpaired) electrons.